The first kappa shape index (κ1) is 10.5. The van der Waals surface area contributed by atoms with Crippen molar-refractivity contribution in [3.63, 3.8) is 0 Å². The molecule has 0 aliphatic heterocycles. The summed E-state index contributed by atoms with van der Waals surface area (Å²) < 4.78 is 36.9. The lowest BCUT2D eigenvalue weighted by Crippen LogP contribution is -2.05. The Morgan fingerprint density at radius 1 is 1.25 bits per heavy atom. The van der Waals surface area contributed by atoms with Crippen LogP contribution in [0.1, 0.15) is 5.69 Å². The molecule has 0 aliphatic rings. The normalized spacial score (nSPS) is 11.7. The van der Waals surface area contributed by atoms with Crippen molar-refractivity contribution in [1.29, 1.82) is 0 Å². The predicted octanol–water partition coefficient (Wildman–Crippen LogP) is 2.07. The van der Waals surface area contributed by atoms with E-state index in [4.69, 9.17) is 5.73 Å². The summed E-state index contributed by atoms with van der Waals surface area (Å²) in [7, 11) is 0. The van der Waals surface area contributed by atoms with Crippen LogP contribution in [0, 0.1) is 0 Å². The maximum Gasteiger partial charge on any atom is 0.432 e. The quantitative estimate of drug-likeness (QED) is 0.785. The molecule has 0 fully saturated rings. The molecule has 0 spiro atoms. The molecule has 84 valence electrons. The maximum atomic E-state index is 12.3. The second-order valence-electron chi connectivity index (χ2n) is 3.08. The number of alkyl halides is 3. The monoisotopic (exact) mass is 228 g/mol. The van der Waals surface area contributed by atoms with Gasteiger partial charge in [-0.3, -0.25) is 0 Å². The Hall–Kier alpha value is -2.05. The van der Waals surface area contributed by atoms with Crippen LogP contribution < -0.4 is 5.73 Å². The molecule has 3 N–H and O–H groups in total. The molecule has 0 aromatic carbocycles. The molecule has 2 heterocycles. The van der Waals surface area contributed by atoms with Crippen LogP contribution in [0.2, 0.25) is 0 Å². The fraction of sp³-hybridized carbons (Fsp3) is 0.111. The third-order valence-electron chi connectivity index (χ3n) is 1.97. The highest BCUT2D eigenvalue weighted by molar-refractivity contribution is 5.67. The summed E-state index contributed by atoms with van der Waals surface area (Å²) in [4.78, 5) is 9.54. The summed E-state index contributed by atoms with van der Waals surface area (Å²) in [6.45, 7) is 0. The van der Waals surface area contributed by atoms with Gasteiger partial charge in [-0.2, -0.15) is 13.2 Å². The molecule has 0 aliphatic carbocycles. The van der Waals surface area contributed by atoms with Crippen molar-refractivity contribution in [2.75, 3.05) is 5.73 Å². The van der Waals surface area contributed by atoms with E-state index in [0.717, 1.165) is 6.20 Å². The molecular weight excluding hydrogens is 221 g/mol. The van der Waals surface area contributed by atoms with Gasteiger partial charge < -0.3 is 10.7 Å². The Kier molecular flexibility index (Phi) is 2.30. The number of halogens is 3. The smallest absolute Gasteiger partial charge is 0.383 e. The van der Waals surface area contributed by atoms with E-state index in [1.165, 1.54) is 6.20 Å². The van der Waals surface area contributed by atoms with Gasteiger partial charge in [-0.25, -0.2) is 9.97 Å². The van der Waals surface area contributed by atoms with Gasteiger partial charge in [0.2, 0.25) is 0 Å². The van der Waals surface area contributed by atoms with Crippen molar-refractivity contribution in [1.82, 2.24) is 15.0 Å². The fourth-order valence-electron chi connectivity index (χ4n) is 1.22. The third-order valence-corrected chi connectivity index (χ3v) is 1.97. The lowest BCUT2D eigenvalue weighted by atomic mass is 10.2. The zero-order valence-corrected chi connectivity index (χ0v) is 7.92. The first-order valence-corrected chi connectivity index (χ1v) is 4.31. The molecule has 16 heavy (non-hydrogen) atoms. The number of anilines is 1. The number of aromatic nitrogens is 3. The van der Waals surface area contributed by atoms with Crippen molar-refractivity contribution >= 4 is 5.82 Å². The van der Waals surface area contributed by atoms with Crippen LogP contribution in [-0.4, -0.2) is 15.0 Å². The first-order valence-electron chi connectivity index (χ1n) is 4.31. The van der Waals surface area contributed by atoms with E-state index in [-0.39, 0.29) is 11.6 Å². The van der Waals surface area contributed by atoms with Crippen LogP contribution in [0.5, 0.6) is 0 Å². The molecule has 0 unspecified atom stereocenters. The molecule has 0 bridgehead atoms. The average molecular weight is 228 g/mol. The molecule has 0 amide bonds. The molecule has 7 heteroatoms. The van der Waals surface area contributed by atoms with Gasteiger partial charge in [0.05, 0.1) is 11.8 Å². The first-order chi connectivity index (χ1) is 7.48. The zero-order valence-electron chi connectivity index (χ0n) is 7.92. The molecule has 0 saturated heterocycles. The molecule has 0 radical (unpaired) electrons. The predicted molar refractivity (Wildman–Crippen MR) is 51.2 cm³/mol. The lowest BCUT2D eigenvalue weighted by molar-refractivity contribution is -0.140. The summed E-state index contributed by atoms with van der Waals surface area (Å²) in [6.07, 6.45) is -2.27. The summed E-state index contributed by atoms with van der Waals surface area (Å²) in [5, 5.41) is 0. The minimum atomic E-state index is -4.44. The Labute approximate surface area is 88.3 Å². The third kappa shape index (κ3) is 1.83. The number of nitrogens with zero attached hydrogens (tertiary/aromatic N) is 2. The van der Waals surface area contributed by atoms with Crippen molar-refractivity contribution in [3.05, 3.63) is 30.2 Å². The van der Waals surface area contributed by atoms with Crippen molar-refractivity contribution in [3.8, 4) is 11.4 Å². The van der Waals surface area contributed by atoms with Crippen molar-refractivity contribution < 1.29 is 13.2 Å². The van der Waals surface area contributed by atoms with Crippen molar-refractivity contribution in [2.45, 2.75) is 6.18 Å². The minimum absolute atomic E-state index is 0.0536. The second-order valence-corrected chi connectivity index (χ2v) is 3.08. The molecule has 4 nitrogen and oxygen atoms in total. The molecule has 2 aromatic rings. The van der Waals surface area contributed by atoms with E-state index in [9.17, 15) is 13.2 Å². The number of hydrogen-bond donors (Lipinski definition) is 2. The number of hydrogen-bond acceptors (Lipinski definition) is 3. The van der Waals surface area contributed by atoms with Gasteiger partial charge in [-0.05, 0) is 12.1 Å². The highest BCUT2D eigenvalue weighted by Crippen LogP contribution is 2.30. The number of imidazole rings is 1. The van der Waals surface area contributed by atoms with E-state index < -0.39 is 11.9 Å². The Morgan fingerprint density at radius 2 is 2.00 bits per heavy atom. The molecular formula is C9H7F3N4. The standard InChI is InChI=1S/C9H7F3N4/c10-9(11,12)6-4-15-8(16-6)5-2-1-3-14-7(5)13/h1-4H,(H2,13,14)(H,15,16). The van der Waals surface area contributed by atoms with Crippen LogP contribution in [0.4, 0.5) is 19.0 Å². The number of rotatable bonds is 1. The number of pyridine rings is 1. The lowest BCUT2D eigenvalue weighted by Gasteiger charge is -2.02. The van der Waals surface area contributed by atoms with Gasteiger partial charge in [0.25, 0.3) is 0 Å². The van der Waals surface area contributed by atoms with Gasteiger partial charge in [0.15, 0.2) is 0 Å². The topological polar surface area (TPSA) is 67.6 Å². The van der Waals surface area contributed by atoms with E-state index >= 15 is 0 Å². The van der Waals surface area contributed by atoms with E-state index in [1.54, 1.807) is 12.1 Å². The SMILES string of the molecule is Nc1ncccc1-c1ncc(C(F)(F)F)[nH]1. The van der Waals surface area contributed by atoms with Gasteiger partial charge in [0, 0.05) is 6.20 Å². The average Bonchev–Trinajstić information content (AvgIpc) is 2.66. The highest BCUT2D eigenvalue weighted by atomic mass is 19.4. The van der Waals surface area contributed by atoms with Crippen LogP contribution in [0.15, 0.2) is 24.5 Å². The maximum absolute atomic E-state index is 12.3. The number of H-pyrrole nitrogens is 1. The molecule has 0 atom stereocenters. The van der Waals surface area contributed by atoms with Gasteiger partial charge in [-0.15, -0.1) is 0 Å². The van der Waals surface area contributed by atoms with Crippen LogP contribution in [0.25, 0.3) is 11.4 Å². The minimum Gasteiger partial charge on any atom is -0.383 e. The Bertz CT molecular complexity index is 503. The van der Waals surface area contributed by atoms with Crippen LogP contribution in [0.3, 0.4) is 0 Å². The second kappa shape index (κ2) is 3.51. The summed E-state index contributed by atoms with van der Waals surface area (Å²) in [6, 6.07) is 3.11. The zero-order chi connectivity index (χ0) is 11.8. The van der Waals surface area contributed by atoms with Gasteiger partial charge in [-0.1, -0.05) is 0 Å². The largest absolute Gasteiger partial charge is 0.432 e. The Morgan fingerprint density at radius 3 is 2.56 bits per heavy atom. The summed E-state index contributed by atoms with van der Waals surface area (Å²) in [5.41, 5.74) is 4.95. The number of nitrogens with one attached hydrogen (secondary N) is 1. The highest BCUT2D eigenvalue weighted by Gasteiger charge is 2.33. The number of nitrogen functional groups attached to an aromatic ring is 1. The van der Waals surface area contributed by atoms with E-state index in [1.807, 2.05) is 0 Å². The van der Waals surface area contributed by atoms with Crippen LogP contribution >= 0.6 is 0 Å². The van der Waals surface area contributed by atoms with Gasteiger partial charge in [0.1, 0.15) is 17.3 Å². The Balaban J connectivity index is 2.44. The van der Waals surface area contributed by atoms with Gasteiger partial charge >= 0.3 is 6.18 Å². The summed E-state index contributed by atoms with van der Waals surface area (Å²) >= 11 is 0. The van der Waals surface area contributed by atoms with E-state index in [2.05, 4.69) is 15.0 Å². The fourth-order valence-corrected chi connectivity index (χ4v) is 1.22. The summed E-state index contributed by atoms with van der Waals surface area (Å²) in [5.74, 6) is 0.184. The molecule has 0 saturated carbocycles. The van der Waals surface area contributed by atoms with E-state index in [0.29, 0.717) is 5.56 Å². The number of aromatic amines is 1. The molecule has 2 rings (SSSR count). The van der Waals surface area contributed by atoms with Crippen LogP contribution in [-0.2, 0) is 6.18 Å². The number of nitrogens with two attached hydrogens (primary N) is 1. The van der Waals surface area contributed by atoms with Crippen molar-refractivity contribution in [2.24, 2.45) is 0 Å². The molecule has 2 aromatic heterocycles.